The van der Waals surface area contributed by atoms with Crippen molar-refractivity contribution in [1.29, 1.82) is 0 Å². The number of hydrogen-bond donors (Lipinski definition) is 2. The second-order valence-electron chi connectivity index (χ2n) is 4.12. The maximum Gasteiger partial charge on any atom is 0.334 e. The van der Waals surface area contributed by atoms with Crippen molar-refractivity contribution < 1.29 is 28.2 Å². The van der Waals surface area contributed by atoms with Crippen molar-refractivity contribution in [2.45, 2.75) is 18.6 Å². The van der Waals surface area contributed by atoms with Crippen molar-refractivity contribution in [2.24, 2.45) is 0 Å². The molecule has 7 heteroatoms. The molecule has 0 spiro atoms. The van der Waals surface area contributed by atoms with Gasteiger partial charge in [0.05, 0.1) is 11.6 Å². The van der Waals surface area contributed by atoms with Gasteiger partial charge in [-0.3, -0.25) is 4.79 Å². The Kier molecular flexibility index (Phi) is 3.75. The number of ether oxygens (including phenoxy) is 1. The summed E-state index contributed by atoms with van der Waals surface area (Å²) in [4.78, 5) is 22.6. The number of carbonyl (C=O) groups is 2. The largest absolute Gasteiger partial charge is 0.479 e. The molecule has 0 saturated carbocycles. The first-order valence-electron chi connectivity index (χ1n) is 5.59. The maximum absolute atomic E-state index is 13.4. The van der Waals surface area contributed by atoms with Crippen LogP contribution in [0.25, 0.3) is 0 Å². The van der Waals surface area contributed by atoms with Crippen molar-refractivity contribution >= 4 is 11.9 Å². The van der Waals surface area contributed by atoms with Gasteiger partial charge in [-0.2, -0.15) is 0 Å². The molecule has 0 aromatic heterocycles. The molecule has 0 unspecified atom stereocenters. The lowest BCUT2D eigenvalue weighted by Gasteiger charge is -2.16. The van der Waals surface area contributed by atoms with E-state index < -0.39 is 41.2 Å². The molecule has 2 N–H and O–H groups in total. The fourth-order valence-electron chi connectivity index (χ4n) is 1.90. The van der Waals surface area contributed by atoms with Gasteiger partial charge in [-0.25, -0.2) is 13.6 Å². The smallest absolute Gasteiger partial charge is 0.334 e. The minimum absolute atomic E-state index is 0.188. The Bertz CT molecular complexity index is 520. The molecule has 5 nitrogen and oxygen atoms in total. The van der Waals surface area contributed by atoms with Crippen molar-refractivity contribution in [3.63, 3.8) is 0 Å². The van der Waals surface area contributed by atoms with Gasteiger partial charge in [0.15, 0.2) is 6.10 Å². The molecular weight excluding hydrogens is 260 g/mol. The van der Waals surface area contributed by atoms with E-state index in [1.807, 2.05) is 0 Å². The summed E-state index contributed by atoms with van der Waals surface area (Å²) in [5, 5.41) is 11.2. The van der Waals surface area contributed by atoms with Crippen molar-refractivity contribution in [3.05, 3.63) is 35.4 Å². The summed E-state index contributed by atoms with van der Waals surface area (Å²) in [5.41, 5.74) is -0.462. The van der Waals surface area contributed by atoms with Crippen LogP contribution in [0.1, 0.15) is 16.8 Å². The normalized spacial score (nSPS) is 22.2. The van der Waals surface area contributed by atoms with Crippen molar-refractivity contribution in [2.75, 3.05) is 6.61 Å². The van der Waals surface area contributed by atoms with Crippen LogP contribution in [-0.2, 0) is 9.53 Å². The Labute approximate surface area is 107 Å². The van der Waals surface area contributed by atoms with E-state index in [1.165, 1.54) is 0 Å². The van der Waals surface area contributed by atoms with Gasteiger partial charge in [0.25, 0.3) is 5.91 Å². The van der Waals surface area contributed by atoms with E-state index in [2.05, 4.69) is 5.32 Å². The zero-order valence-corrected chi connectivity index (χ0v) is 9.73. The maximum atomic E-state index is 13.4. The number of nitrogens with one attached hydrogen (secondary N) is 1. The number of aliphatic carboxylic acids is 1. The Morgan fingerprint density at radius 3 is 2.79 bits per heavy atom. The molecule has 1 amide bonds. The summed E-state index contributed by atoms with van der Waals surface area (Å²) < 4.78 is 31.3. The lowest BCUT2D eigenvalue weighted by molar-refractivity contribution is -0.148. The van der Waals surface area contributed by atoms with Gasteiger partial charge < -0.3 is 15.2 Å². The second-order valence-corrected chi connectivity index (χ2v) is 4.12. The fourth-order valence-corrected chi connectivity index (χ4v) is 1.90. The van der Waals surface area contributed by atoms with Gasteiger partial charge in [0.2, 0.25) is 0 Å². The van der Waals surface area contributed by atoms with Crippen molar-refractivity contribution in [3.8, 4) is 0 Å². The second kappa shape index (κ2) is 5.31. The number of amides is 1. The third-order valence-corrected chi connectivity index (χ3v) is 2.82. The molecule has 1 aromatic rings. The highest BCUT2D eigenvalue weighted by Crippen LogP contribution is 2.16. The quantitative estimate of drug-likeness (QED) is 0.857. The third-order valence-electron chi connectivity index (χ3n) is 2.82. The van der Waals surface area contributed by atoms with E-state index in [0.717, 1.165) is 18.2 Å². The molecule has 2 atom stereocenters. The van der Waals surface area contributed by atoms with E-state index >= 15 is 0 Å². The summed E-state index contributed by atoms with van der Waals surface area (Å²) in [7, 11) is 0. The van der Waals surface area contributed by atoms with Crippen LogP contribution in [0.4, 0.5) is 8.78 Å². The molecule has 0 radical (unpaired) electrons. The van der Waals surface area contributed by atoms with E-state index in [0.29, 0.717) is 6.42 Å². The SMILES string of the molecule is O=C(N[C@H]1CCO[C@H]1C(=O)O)c1cc(F)ccc1F. The van der Waals surface area contributed by atoms with Crippen LogP contribution in [0.5, 0.6) is 0 Å². The van der Waals surface area contributed by atoms with Crippen LogP contribution >= 0.6 is 0 Å². The zero-order chi connectivity index (χ0) is 14.0. The topological polar surface area (TPSA) is 75.6 Å². The molecule has 1 heterocycles. The van der Waals surface area contributed by atoms with Gasteiger partial charge in [-0.1, -0.05) is 0 Å². The molecule has 1 aromatic carbocycles. The minimum Gasteiger partial charge on any atom is -0.479 e. The number of carbonyl (C=O) groups excluding carboxylic acids is 1. The average Bonchev–Trinajstić information content (AvgIpc) is 2.80. The number of halogens is 2. The highest BCUT2D eigenvalue weighted by atomic mass is 19.1. The number of hydrogen-bond acceptors (Lipinski definition) is 3. The molecule has 0 bridgehead atoms. The van der Waals surface area contributed by atoms with Gasteiger partial charge in [-0.05, 0) is 24.6 Å². The minimum atomic E-state index is -1.21. The van der Waals surface area contributed by atoms with Gasteiger partial charge in [-0.15, -0.1) is 0 Å². The Morgan fingerprint density at radius 2 is 2.11 bits per heavy atom. The van der Waals surface area contributed by atoms with Crippen LogP contribution in [0.15, 0.2) is 18.2 Å². The predicted molar refractivity (Wildman–Crippen MR) is 59.6 cm³/mol. The van der Waals surface area contributed by atoms with Crippen LogP contribution in [-0.4, -0.2) is 35.7 Å². The standard InChI is InChI=1S/C12H11F2NO4/c13-6-1-2-8(14)7(5-6)11(16)15-9-3-4-19-10(9)12(17)18/h1-2,5,9-10H,3-4H2,(H,15,16)(H,17,18)/t9-,10+/m0/s1. The summed E-state index contributed by atoms with van der Waals surface area (Å²) in [5.74, 6) is -3.69. The van der Waals surface area contributed by atoms with E-state index in [9.17, 15) is 18.4 Å². The summed E-state index contributed by atoms with van der Waals surface area (Å²) in [6.07, 6.45) is -0.861. The molecule has 1 saturated heterocycles. The van der Waals surface area contributed by atoms with Crippen LogP contribution in [0, 0.1) is 11.6 Å². The Morgan fingerprint density at radius 1 is 1.37 bits per heavy atom. The predicted octanol–water partition coefficient (Wildman–Crippen LogP) is 0.937. The average molecular weight is 271 g/mol. The molecule has 1 fully saturated rings. The molecule has 1 aliphatic rings. The summed E-state index contributed by atoms with van der Waals surface area (Å²) in [6, 6.07) is 1.73. The molecule has 0 aliphatic carbocycles. The van der Waals surface area contributed by atoms with Gasteiger partial charge in [0, 0.05) is 6.61 Å². The Hall–Kier alpha value is -2.02. The number of carboxylic acids is 1. The lowest BCUT2D eigenvalue weighted by Crippen LogP contribution is -2.44. The first-order chi connectivity index (χ1) is 8.99. The monoisotopic (exact) mass is 271 g/mol. The van der Waals surface area contributed by atoms with E-state index in [4.69, 9.17) is 9.84 Å². The molecular formula is C12H11F2NO4. The zero-order valence-electron chi connectivity index (χ0n) is 9.73. The Balaban J connectivity index is 2.12. The third kappa shape index (κ3) is 2.87. The first-order valence-corrected chi connectivity index (χ1v) is 5.59. The van der Waals surface area contributed by atoms with Crippen LogP contribution < -0.4 is 5.32 Å². The highest BCUT2D eigenvalue weighted by Gasteiger charge is 2.35. The van der Waals surface area contributed by atoms with Crippen molar-refractivity contribution in [1.82, 2.24) is 5.32 Å². The number of benzene rings is 1. The molecule has 19 heavy (non-hydrogen) atoms. The number of rotatable bonds is 3. The summed E-state index contributed by atoms with van der Waals surface area (Å²) in [6.45, 7) is 0.188. The van der Waals surface area contributed by atoms with Crippen LogP contribution in [0.3, 0.4) is 0 Å². The summed E-state index contributed by atoms with van der Waals surface area (Å²) >= 11 is 0. The van der Waals surface area contributed by atoms with Gasteiger partial charge >= 0.3 is 5.97 Å². The first kappa shape index (κ1) is 13.4. The molecule has 2 rings (SSSR count). The lowest BCUT2D eigenvalue weighted by atomic mass is 10.1. The number of carboxylic acid groups (broad SMARTS) is 1. The highest BCUT2D eigenvalue weighted by molar-refractivity contribution is 5.95. The van der Waals surface area contributed by atoms with E-state index in [-0.39, 0.29) is 6.61 Å². The fraction of sp³-hybridized carbons (Fsp3) is 0.333. The van der Waals surface area contributed by atoms with Gasteiger partial charge in [0.1, 0.15) is 11.6 Å². The van der Waals surface area contributed by atoms with Crippen LogP contribution in [0.2, 0.25) is 0 Å². The molecule has 102 valence electrons. The van der Waals surface area contributed by atoms with E-state index in [1.54, 1.807) is 0 Å². The molecule has 1 aliphatic heterocycles.